The molecular formula is C18H24ClN3O2. The summed E-state index contributed by atoms with van der Waals surface area (Å²) in [5.74, 6) is -0.0958. The molecule has 130 valence electrons. The molecule has 2 N–H and O–H groups in total. The molecule has 1 aromatic rings. The van der Waals surface area contributed by atoms with Crippen LogP contribution in [0.3, 0.4) is 0 Å². The number of nitrogens with zero attached hydrogens (tertiary/aromatic N) is 1. The van der Waals surface area contributed by atoms with Crippen molar-refractivity contribution in [3.8, 4) is 0 Å². The summed E-state index contributed by atoms with van der Waals surface area (Å²) in [6.45, 7) is 7.24. The standard InChI is InChI=1S/C18H24ClN3O2/c1-12-9-16(6-7-17(12)19)21-18(24)11-22-8-4-5-15(10-22)13(2)20-14(3)23/h5-7,9,13H,4,8,10-11H2,1-3H3,(H,20,23)(H,21,24)/t13-/m0/s1. The zero-order valence-corrected chi connectivity index (χ0v) is 15.1. The largest absolute Gasteiger partial charge is 0.350 e. The Morgan fingerprint density at radius 1 is 1.38 bits per heavy atom. The summed E-state index contributed by atoms with van der Waals surface area (Å²) in [6.07, 6.45) is 3.03. The molecule has 0 spiro atoms. The van der Waals surface area contributed by atoms with Crippen LogP contribution in [-0.4, -0.2) is 42.4 Å². The highest BCUT2D eigenvalue weighted by atomic mass is 35.5. The molecule has 5 nitrogen and oxygen atoms in total. The number of nitrogens with one attached hydrogen (secondary N) is 2. The van der Waals surface area contributed by atoms with E-state index < -0.39 is 0 Å². The summed E-state index contributed by atoms with van der Waals surface area (Å²) in [7, 11) is 0. The first-order chi connectivity index (χ1) is 11.3. The summed E-state index contributed by atoms with van der Waals surface area (Å²) in [4.78, 5) is 25.5. The minimum absolute atomic E-state index is 0.00715. The van der Waals surface area contributed by atoms with Gasteiger partial charge in [0, 0.05) is 36.8 Å². The molecule has 0 radical (unpaired) electrons. The minimum Gasteiger partial charge on any atom is -0.350 e. The lowest BCUT2D eigenvalue weighted by Gasteiger charge is -2.29. The average molecular weight is 350 g/mol. The monoisotopic (exact) mass is 349 g/mol. The van der Waals surface area contributed by atoms with Gasteiger partial charge in [0.05, 0.1) is 6.54 Å². The van der Waals surface area contributed by atoms with Crippen molar-refractivity contribution >= 4 is 29.1 Å². The molecule has 24 heavy (non-hydrogen) atoms. The average Bonchev–Trinajstić information content (AvgIpc) is 2.50. The first-order valence-corrected chi connectivity index (χ1v) is 8.47. The van der Waals surface area contributed by atoms with Gasteiger partial charge in [-0.25, -0.2) is 0 Å². The highest BCUT2D eigenvalue weighted by Crippen LogP contribution is 2.19. The fraction of sp³-hybridized carbons (Fsp3) is 0.444. The van der Waals surface area contributed by atoms with E-state index in [1.807, 2.05) is 19.9 Å². The zero-order valence-electron chi connectivity index (χ0n) is 14.4. The summed E-state index contributed by atoms with van der Waals surface area (Å²) in [5, 5.41) is 6.48. The Balaban J connectivity index is 1.89. The Morgan fingerprint density at radius 2 is 2.12 bits per heavy atom. The van der Waals surface area contributed by atoms with Crippen LogP contribution in [0.15, 0.2) is 29.8 Å². The second kappa shape index (κ2) is 8.31. The van der Waals surface area contributed by atoms with Gasteiger partial charge in [0.2, 0.25) is 11.8 Å². The molecule has 0 saturated carbocycles. The van der Waals surface area contributed by atoms with Gasteiger partial charge in [0.1, 0.15) is 0 Å². The van der Waals surface area contributed by atoms with Crippen molar-refractivity contribution in [3.05, 3.63) is 40.4 Å². The van der Waals surface area contributed by atoms with E-state index in [9.17, 15) is 9.59 Å². The molecule has 6 heteroatoms. The quantitative estimate of drug-likeness (QED) is 0.803. The number of carbonyl (C=O) groups is 2. The highest BCUT2D eigenvalue weighted by Gasteiger charge is 2.19. The van der Waals surface area contributed by atoms with E-state index in [0.29, 0.717) is 18.1 Å². The van der Waals surface area contributed by atoms with Crippen molar-refractivity contribution in [1.82, 2.24) is 10.2 Å². The maximum Gasteiger partial charge on any atom is 0.238 e. The van der Waals surface area contributed by atoms with Crippen molar-refractivity contribution in [1.29, 1.82) is 0 Å². The number of benzene rings is 1. The van der Waals surface area contributed by atoms with E-state index in [1.54, 1.807) is 12.1 Å². The smallest absolute Gasteiger partial charge is 0.238 e. The Bertz CT molecular complexity index is 658. The van der Waals surface area contributed by atoms with Crippen molar-refractivity contribution in [2.75, 3.05) is 25.0 Å². The van der Waals surface area contributed by atoms with Gasteiger partial charge in [-0.15, -0.1) is 0 Å². The summed E-state index contributed by atoms with van der Waals surface area (Å²) in [6, 6.07) is 5.43. The van der Waals surface area contributed by atoms with Crippen LogP contribution in [-0.2, 0) is 9.59 Å². The Hall–Kier alpha value is -1.85. The summed E-state index contributed by atoms with van der Waals surface area (Å²) < 4.78 is 0. The predicted octanol–water partition coefficient (Wildman–Crippen LogP) is 2.74. The normalized spacial score (nSPS) is 16.2. The number of carbonyl (C=O) groups excluding carboxylic acids is 2. The molecule has 0 aliphatic carbocycles. The lowest BCUT2D eigenvalue weighted by molar-refractivity contribution is -0.119. The molecule has 1 aliphatic rings. The van der Waals surface area contributed by atoms with Gasteiger partial charge in [-0.05, 0) is 49.6 Å². The first-order valence-electron chi connectivity index (χ1n) is 8.09. The molecule has 0 saturated heterocycles. The maximum absolute atomic E-state index is 12.3. The van der Waals surface area contributed by atoms with E-state index in [-0.39, 0.29) is 17.9 Å². The number of rotatable bonds is 5. The van der Waals surface area contributed by atoms with Gasteiger partial charge in [-0.1, -0.05) is 17.7 Å². The van der Waals surface area contributed by atoms with E-state index in [1.165, 1.54) is 6.92 Å². The van der Waals surface area contributed by atoms with Crippen LogP contribution < -0.4 is 10.6 Å². The molecule has 2 amide bonds. The number of amides is 2. The lowest BCUT2D eigenvalue weighted by atomic mass is 10.0. The maximum atomic E-state index is 12.3. The molecule has 0 aromatic heterocycles. The predicted molar refractivity (Wildman–Crippen MR) is 97.2 cm³/mol. The van der Waals surface area contributed by atoms with Crippen LogP contribution >= 0.6 is 11.6 Å². The zero-order chi connectivity index (χ0) is 17.7. The number of halogens is 1. The third kappa shape index (κ3) is 5.35. The lowest BCUT2D eigenvalue weighted by Crippen LogP contribution is -2.42. The van der Waals surface area contributed by atoms with Crippen LogP contribution in [0.5, 0.6) is 0 Å². The molecule has 1 aliphatic heterocycles. The number of aryl methyl sites for hydroxylation is 1. The molecular weight excluding hydrogens is 326 g/mol. The topological polar surface area (TPSA) is 61.4 Å². The highest BCUT2D eigenvalue weighted by molar-refractivity contribution is 6.31. The van der Waals surface area contributed by atoms with Crippen LogP contribution in [0.25, 0.3) is 0 Å². The fourth-order valence-electron chi connectivity index (χ4n) is 2.81. The van der Waals surface area contributed by atoms with Crippen LogP contribution in [0, 0.1) is 6.92 Å². The van der Waals surface area contributed by atoms with Gasteiger partial charge >= 0.3 is 0 Å². The van der Waals surface area contributed by atoms with Crippen molar-refractivity contribution in [2.45, 2.75) is 33.2 Å². The third-order valence-electron chi connectivity index (χ3n) is 4.04. The Kier molecular flexibility index (Phi) is 6.40. The van der Waals surface area contributed by atoms with E-state index in [0.717, 1.165) is 29.8 Å². The van der Waals surface area contributed by atoms with Crippen LogP contribution in [0.2, 0.25) is 5.02 Å². The van der Waals surface area contributed by atoms with Crippen molar-refractivity contribution in [3.63, 3.8) is 0 Å². The molecule has 1 heterocycles. The second-order valence-electron chi connectivity index (χ2n) is 6.21. The molecule has 0 bridgehead atoms. The van der Waals surface area contributed by atoms with Gasteiger partial charge < -0.3 is 10.6 Å². The van der Waals surface area contributed by atoms with Gasteiger partial charge in [0.25, 0.3) is 0 Å². The number of hydrogen-bond donors (Lipinski definition) is 2. The number of hydrogen-bond acceptors (Lipinski definition) is 3. The molecule has 1 aromatic carbocycles. The van der Waals surface area contributed by atoms with Crippen LogP contribution in [0.1, 0.15) is 25.8 Å². The van der Waals surface area contributed by atoms with Crippen LogP contribution in [0.4, 0.5) is 5.69 Å². The second-order valence-corrected chi connectivity index (χ2v) is 6.62. The third-order valence-corrected chi connectivity index (χ3v) is 4.47. The van der Waals surface area contributed by atoms with E-state index in [4.69, 9.17) is 11.6 Å². The molecule has 1 atom stereocenters. The van der Waals surface area contributed by atoms with Gasteiger partial charge in [-0.3, -0.25) is 14.5 Å². The Morgan fingerprint density at radius 3 is 2.79 bits per heavy atom. The molecule has 0 fully saturated rings. The fourth-order valence-corrected chi connectivity index (χ4v) is 2.92. The Labute approximate surface area is 148 Å². The summed E-state index contributed by atoms with van der Waals surface area (Å²) in [5.41, 5.74) is 2.83. The van der Waals surface area contributed by atoms with E-state index >= 15 is 0 Å². The molecule has 2 rings (SSSR count). The van der Waals surface area contributed by atoms with Crippen molar-refractivity contribution in [2.24, 2.45) is 0 Å². The SMILES string of the molecule is CC(=O)N[C@@H](C)C1=CCCN(CC(=O)Nc2ccc(Cl)c(C)c2)C1. The minimum atomic E-state index is -0.0508. The summed E-state index contributed by atoms with van der Waals surface area (Å²) >= 11 is 6.00. The van der Waals surface area contributed by atoms with Crippen molar-refractivity contribution < 1.29 is 9.59 Å². The van der Waals surface area contributed by atoms with E-state index in [2.05, 4.69) is 21.6 Å². The number of anilines is 1. The van der Waals surface area contributed by atoms with Gasteiger partial charge in [-0.2, -0.15) is 0 Å². The molecule has 0 unspecified atom stereocenters. The first kappa shape index (κ1) is 18.5. The van der Waals surface area contributed by atoms with Gasteiger partial charge in [0.15, 0.2) is 0 Å².